The molecule has 0 saturated carbocycles. The predicted molar refractivity (Wildman–Crippen MR) is 58.7 cm³/mol. The van der Waals surface area contributed by atoms with Crippen LogP contribution in [0, 0.1) is 5.82 Å². The summed E-state index contributed by atoms with van der Waals surface area (Å²) >= 11 is 5.50. The van der Waals surface area contributed by atoms with Crippen molar-refractivity contribution in [2.75, 3.05) is 12.4 Å². The Morgan fingerprint density at radius 2 is 1.93 bits per heavy atom. The third-order valence-corrected chi connectivity index (χ3v) is 2.22. The average Bonchev–Trinajstić information content (AvgIpc) is 2.25. The van der Waals surface area contributed by atoms with Gasteiger partial charge in [-0.3, -0.25) is 4.79 Å². The maximum absolute atomic E-state index is 12.6. The van der Waals surface area contributed by atoms with Crippen LogP contribution in [0.25, 0.3) is 0 Å². The van der Waals surface area contributed by atoms with Crippen LogP contribution in [-0.4, -0.2) is 18.3 Å². The zero-order valence-corrected chi connectivity index (χ0v) is 9.06. The first-order valence-electron chi connectivity index (χ1n) is 4.84. The Kier molecular flexibility index (Phi) is 5.12. The number of rotatable bonds is 5. The standard InChI is InChI=1S/C11H13ClFNO/c12-7-1-2-8-14-11(15)9-3-5-10(13)6-4-9/h3-6H,1-2,7-8H2,(H,14,15). The van der Waals surface area contributed by atoms with Crippen LogP contribution >= 0.6 is 11.6 Å². The molecule has 1 aromatic rings. The van der Waals surface area contributed by atoms with E-state index in [1.165, 1.54) is 24.3 Å². The van der Waals surface area contributed by atoms with Gasteiger partial charge >= 0.3 is 0 Å². The fourth-order valence-electron chi connectivity index (χ4n) is 1.12. The highest BCUT2D eigenvalue weighted by molar-refractivity contribution is 6.17. The lowest BCUT2D eigenvalue weighted by molar-refractivity contribution is 0.0953. The van der Waals surface area contributed by atoms with Gasteiger partial charge in [0.15, 0.2) is 0 Å². The maximum Gasteiger partial charge on any atom is 0.251 e. The molecule has 0 atom stereocenters. The minimum atomic E-state index is -0.339. The lowest BCUT2D eigenvalue weighted by atomic mass is 10.2. The van der Waals surface area contributed by atoms with E-state index in [9.17, 15) is 9.18 Å². The van der Waals surface area contributed by atoms with E-state index < -0.39 is 0 Å². The van der Waals surface area contributed by atoms with Crippen LogP contribution in [0.1, 0.15) is 23.2 Å². The maximum atomic E-state index is 12.6. The highest BCUT2D eigenvalue weighted by atomic mass is 35.5. The number of unbranched alkanes of at least 4 members (excludes halogenated alkanes) is 1. The summed E-state index contributed by atoms with van der Waals surface area (Å²) in [5.41, 5.74) is 0.474. The van der Waals surface area contributed by atoms with Crippen LogP contribution < -0.4 is 5.32 Å². The number of hydrogen-bond acceptors (Lipinski definition) is 1. The molecule has 0 heterocycles. The van der Waals surface area contributed by atoms with Crippen molar-refractivity contribution in [2.45, 2.75) is 12.8 Å². The molecular formula is C11H13ClFNO. The molecule has 0 unspecified atom stereocenters. The quantitative estimate of drug-likeness (QED) is 0.610. The molecule has 0 aliphatic heterocycles. The van der Waals surface area contributed by atoms with E-state index in [-0.39, 0.29) is 11.7 Å². The molecule has 0 bridgehead atoms. The van der Waals surface area contributed by atoms with Gasteiger partial charge < -0.3 is 5.32 Å². The van der Waals surface area contributed by atoms with Crippen LogP contribution in [-0.2, 0) is 0 Å². The van der Waals surface area contributed by atoms with Gasteiger partial charge in [-0.15, -0.1) is 11.6 Å². The normalized spacial score (nSPS) is 10.0. The zero-order valence-electron chi connectivity index (χ0n) is 8.30. The first-order chi connectivity index (χ1) is 7.24. The number of carbonyl (C=O) groups excluding carboxylic acids is 1. The van der Waals surface area contributed by atoms with Gasteiger partial charge in [0, 0.05) is 18.0 Å². The number of nitrogens with one attached hydrogen (secondary N) is 1. The summed E-state index contributed by atoms with van der Waals surface area (Å²) in [4.78, 5) is 11.5. The number of benzene rings is 1. The van der Waals surface area contributed by atoms with Gasteiger partial charge in [0.05, 0.1) is 0 Å². The number of halogens is 2. The van der Waals surface area contributed by atoms with Gasteiger partial charge in [-0.05, 0) is 37.1 Å². The summed E-state index contributed by atoms with van der Waals surface area (Å²) < 4.78 is 12.6. The van der Waals surface area contributed by atoms with Crippen LogP contribution in [0.15, 0.2) is 24.3 Å². The van der Waals surface area contributed by atoms with Crippen LogP contribution in [0.2, 0.25) is 0 Å². The molecule has 0 radical (unpaired) electrons. The molecule has 4 heteroatoms. The van der Waals surface area contributed by atoms with Crippen molar-refractivity contribution in [3.63, 3.8) is 0 Å². The summed E-state index contributed by atoms with van der Waals surface area (Å²) in [5.74, 6) is 0.0881. The molecule has 1 amide bonds. The van der Waals surface area contributed by atoms with E-state index in [1.54, 1.807) is 0 Å². The topological polar surface area (TPSA) is 29.1 Å². The number of hydrogen-bond donors (Lipinski definition) is 1. The smallest absolute Gasteiger partial charge is 0.251 e. The molecule has 0 spiro atoms. The summed E-state index contributed by atoms with van der Waals surface area (Å²) in [6.45, 7) is 0.600. The number of alkyl halides is 1. The molecule has 15 heavy (non-hydrogen) atoms. The molecule has 0 aliphatic carbocycles. The first kappa shape index (κ1) is 12.0. The molecule has 0 aliphatic rings. The molecule has 0 fully saturated rings. The largest absolute Gasteiger partial charge is 0.352 e. The Morgan fingerprint density at radius 3 is 2.53 bits per heavy atom. The predicted octanol–water partition coefficient (Wildman–Crippen LogP) is 2.57. The van der Waals surface area contributed by atoms with Crippen LogP contribution in [0.3, 0.4) is 0 Å². The van der Waals surface area contributed by atoms with Gasteiger partial charge in [-0.2, -0.15) is 0 Å². The number of amides is 1. The van der Waals surface area contributed by atoms with Gasteiger partial charge in [0.2, 0.25) is 0 Å². The molecule has 1 aromatic carbocycles. The lowest BCUT2D eigenvalue weighted by Crippen LogP contribution is -2.24. The Bertz CT molecular complexity index is 313. The Hall–Kier alpha value is -1.09. The van der Waals surface area contributed by atoms with E-state index in [0.29, 0.717) is 18.0 Å². The molecule has 82 valence electrons. The second-order valence-corrected chi connectivity index (χ2v) is 3.54. The van der Waals surface area contributed by atoms with E-state index in [4.69, 9.17) is 11.6 Å². The minimum absolute atomic E-state index is 0.176. The third kappa shape index (κ3) is 4.30. The van der Waals surface area contributed by atoms with Crippen molar-refractivity contribution >= 4 is 17.5 Å². The molecule has 2 nitrogen and oxygen atoms in total. The Balaban J connectivity index is 2.37. The van der Waals surface area contributed by atoms with Crippen molar-refractivity contribution in [2.24, 2.45) is 0 Å². The summed E-state index contributed by atoms with van der Waals surface area (Å²) in [6, 6.07) is 5.47. The van der Waals surface area contributed by atoms with Crippen molar-refractivity contribution in [1.29, 1.82) is 0 Å². The highest BCUT2D eigenvalue weighted by Crippen LogP contribution is 2.02. The van der Waals surface area contributed by atoms with Gasteiger partial charge in [0.25, 0.3) is 5.91 Å². The van der Waals surface area contributed by atoms with Crippen LogP contribution in [0.5, 0.6) is 0 Å². The van der Waals surface area contributed by atoms with E-state index in [2.05, 4.69) is 5.32 Å². The van der Waals surface area contributed by atoms with Crippen molar-refractivity contribution in [3.05, 3.63) is 35.6 Å². The summed E-state index contributed by atoms with van der Waals surface area (Å²) in [7, 11) is 0. The SMILES string of the molecule is O=C(NCCCCCl)c1ccc(F)cc1. The lowest BCUT2D eigenvalue weighted by Gasteiger charge is -2.03. The van der Waals surface area contributed by atoms with Gasteiger partial charge in [-0.1, -0.05) is 0 Å². The second-order valence-electron chi connectivity index (χ2n) is 3.16. The average molecular weight is 230 g/mol. The Morgan fingerprint density at radius 1 is 1.27 bits per heavy atom. The van der Waals surface area contributed by atoms with Crippen molar-refractivity contribution in [1.82, 2.24) is 5.32 Å². The van der Waals surface area contributed by atoms with Crippen molar-refractivity contribution < 1.29 is 9.18 Å². The number of carbonyl (C=O) groups is 1. The van der Waals surface area contributed by atoms with E-state index in [1.807, 2.05) is 0 Å². The highest BCUT2D eigenvalue weighted by Gasteiger charge is 2.03. The fraction of sp³-hybridized carbons (Fsp3) is 0.364. The zero-order chi connectivity index (χ0) is 11.1. The first-order valence-corrected chi connectivity index (χ1v) is 5.37. The minimum Gasteiger partial charge on any atom is -0.352 e. The summed E-state index contributed by atoms with van der Waals surface area (Å²) in [6.07, 6.45) is 1.74. The van der Waals surface area contributed by atoms with Gasteiger partial charge in [-0.25, -0.2) is 4.39 Å². The molecule has 1 rings (SSSR count). The molecule has 0 aromatic heterocycles. The summed E-state index contributed by atoms with van der Waals surface area (Å²) in [5, 5.41) is 2.73. The monoisotopic (exact) mass is 229 g/mol. The van der Waals surface area contributed by atoms with E-state index in [0.717, 1.165) is 12.8 Å². The Labute approximate surface area is 93.4 Å². The fourth-order valence-corrected chi connectivity index (χ4v) is 1.31. The molecular weight excluding hydrogens is 217 g/mol. The van der Waals surface area contributed by atoms with E-state index >= 15 is 0 Å². The van der Waals surface area contributed by atoms with Gasteiger partial charge in [0.1, 0.15) is 5.82 Å². The second kappa shape index (κ2) is 6.40. The van der Waals surface area contributed by atoms with Crippen molar-refractivity contribution in [3.8, 4) is 0 Å². The molecule has 0 saturated heterocycles. The molecule has 1 N–H and O–H groups in total. The van der Waals surface area contributed by atoms with Crippen LogP contribution in [0.4, 0.5) is 4.39 Å². The third-order valence-electron chi connectivity index (χ3n) is 1.95.